The highest BCUT2D eigenvalue weighted by Gasteiger charge is 2.63. The molecule has 2 rings (SSSR count). The van der Waals surface area contributed by atoms with Crippen LogP contribution in [0.5, 0.6) is 0 Å². The third kappa shape index (κ3) is 3.64. The Kier molecular flexibility index (Phi) is 5.13. The summed E-state index contributed by atoms with van der Waals surface area (Å²) in [4.78, 5) is 3.85. The first-order valence-electron chi connectivity index (χ1n) is 6.06. The van der Waals surface area contributed by atoms with Crippen LogP contribution in [0, 0.1) is 5.41 Å². The SMILES string of the molecule is I.NC(=NCC1(C(F)(F)F)CC1)NC1CCCC1. The summed E-state index contributed by atoms with van der Waals surface area (Å²) < 4.78 is 37.9. The average Bonchev–Trinajstić information content (AvgIpc) is 2.88. The zero-order valence-corrected chi connectivity index (χ0v) is 12.4. The summed E-state index contributed by atoms with van der Waals surface area (Å²) >= 11 is 0. The number of rotatable bonds is 3. The lowest BCUT2D eigenvalue weighted by atomic mass is 10.1. The van der Waals surface area contributed by atoms with Gasteiger partial charge in [0.25, 0.3) is 0 Å². The maximum atomic E-state index is 12.6. The molecule has 0 heterocycles. The molecule has 2 aliphatic rings. The molecule has 0 radical (unpaired) electrons. The Morgan fingerprint density at radius 2 is 1.83 bits per heavy atom. The Morgan fingerprint density at radius 1 is 1.28 bits per heavy atom. The maximum absolute atomic E-state index is 12.6. The Bertz CT molecular complexity index is 307. The molecule has 0 aromatic carbocycles. The Labute approximate surface area is 122 Å². The second kappa shape index (κ2) is 5.83. The molecular formula is C11H19F3IN3. The third-order valence-corrected chi connectivity index (χ3v) is 3.71. The van der Waals surface area contributed by atoms with Crippen LogP contribution in [0.25, 0.3) is 0 Å². The first-order chi connectivity index (χ1) is 7.93. The largest absolute Gasteiger partial charge is 0.396 e. The minimum atomic E-state index is -4.15. The lowest BCUT2D eigenvalue weighted by Gasteiger charge is -2.18. The van der Waals surface area contributed by atoms with E-state index in [0.29, 0.717) is 6.04 Å². The fourth-order valence-corrected chi connectivity index (χ4v) is 2.24. The van der Waals surface area contributed by atoms with Crippen molar-refractivity contribution in [3.05, 3.63) is 0 Å². The maximum Gasteiger partial charge on any atom is 0.396 e. The van der Waals surface area contributed by atoms with Crippen molar-refractivity contribution < 1.29 is 13.2 Å². The zero-order chi connectivity index (χ0) is 12.5. The molecule has 0 bridgehead atoms. The highest BCUT2D eigenvalue weighted by atomic mass is 127. The number of nitrogens with one attached hydrogen (secondary N) is 1. The number of aliphatic imine (C=N–C) groups is 1. The van der Waals surface area contributed by atoms with E-state index < -0.39 is 11.6 Å². The van der Waals surface area contributed by atoms with Crippen molar-refractivity contribution in [3.63, 3.8) is 0 Å². The molecule has 0 amide bonds. The minimum Gasteiger partial charge on any atom is -0.370 e. The molecule has 0 aromatic heterocycles. The van der Waals surface area contributed by atoms with Crippen LogP contribution in [0.3, 0.4) is 0 Å². The van der Waals surface area contributed by atoms with E-state index in [0.717, 1.165) is 25.7 Å². The van der Waals surface area contributed by atoms with Gasteiger partial charge in [-0.25, -0.2) is 0 Å². The summed E-state index contributed by atoms with van der Waals surface area (Å²) in [6, 6.07) is 0.291. The van der Waals surface area contributed by atoms with Crippen molar-refractivity contribution in [3.8, 4) is 0 Å². The standard InChI is InChI=1S/C11H18F3N3.HI/c12-11(13,14)10(5-6-10)7-16-9(15)17-8-3-1-2-4-8;/h8H,1-7H2,(H3,15,16,17);1H. The van der Waals surface area contributed by atoms with Gasteiger partial charge < -0.3 is 11.1 Å². The molecule has 106 valence electrons. The summed E-state index contributed by atoms with van der Waals surface area (Å²) in [5.74, 6) is 0.160. The lowest BCUT2D eigenvalue weighted by Crippen LogP contribution is -2.39. The number of halogens is 4. The van der Waals surface area contributed by atoms with E-state index in [9.17, 15) is 13.2 Å². The van der Waals surface area contributed by atoms with E-state index in [1.807, 2.05) is 0 Å². The van der Waals surface area contributed by atoms with E-state index in [4.69, 9.17) is 5.73 Å². The molecule has 2 aliphatic carbocycles. The quantitative estimate of drug-likeness (QED) is 0.452. The molecule has 0 unspecified atom stereocenters. The van der Waals surface area contributed by atoms with Gasteiger partial charge in [-0.15, -0.1) is 24.0 Å². The molecule has 3 N–H and O–H groups in total. The molecule has 0 spiro atoms. The van der Waals surface area contributed by atoms with Crippen LogP contribution in [0.2, 0.25) is 0 Å². The molecule has 0 saturated heterocycles. The van der Waals surface area contributed by atoms with Crippen molar-refractivity contribution >= 4 is 29.9 Å². The van der Waals surface area contributed by atoms with Gasteiger partial charge in [0.05, 0.1) is 12.0 Å². The second-order valence-corrected chi connectivity index (χ2v) is 5.11. The summed E-state index contributed by atoms with van der Waals surface area (Å²) in [6.45, 7) is -0.234. The lowest BCUT2D eigenvalue weighted by molar-refractivity contribution is -0.183. The van der Waals surface area contributed by atoms with Gasteiger partial charge in [0.2, 0.25) is 0 Å². The molecular weight excluding hydrogens is 358 g/mol. The van der Waals surface area contributed by atoms with Gasteiger partial charge in [-0.1, -0.05) is 12.8 Å². The summed E-state index contributed by atoms with van der Waals surface area (Å²) in [7, 11) is 0. The minimum absolute atomic E-state index is 0. The Hall–Kier alpha value is -0.210. The smallest absolute Gasteiger partial charge is 0.370 e. The first-order valence-corrected chi connectivity index (χ1v) is 6.06. The Morgan fingerprint density at radius 3 is 2.28 bits per heavy atom. The fraction of sp³-hybridized carbons (Fsp3) is 0.909. The van der Waals surface area contributed by atoms with Crippen LogP contribution in [0.4, 0.5) is 13.2 Å². The number of hydrogen-bond acceptors (Lipinski definition) is 1. The van der Waals surface area contributed by atoms with Crippen LogP contribution >= 0.6 is 24.0 Å². The second-order valence-electron chi connectivity index (χ2n) is 5.11. The van der Waals surface area contributed by atoms with E-state index in [1.165, 1.54) is 0 Å². The van der Waals surface area contributed by atoms with E-state index >= 15 is 0 Å². The van der Waals surface area contributed by atoms with Crippen LogP contribution in [-0.4, -0.2) is 24.7 Å². The molecule has 7 heteroatoms. The first kappa shape index (κ1) is 15.8. The molecule has 0 atom stereocenters. The van der Waals surface area contributed by atoms with E-state index in [-0.39, 0.29) is 49.3 Å². The van der Waals surface area contributed by atoms with Gasteiger partial charge in [-0.2, -0.15) is 13.2 Å². The monoisotopic (exact) mass is 377 g/mol. The normalized spacial score (nSPS) is 23.6. The average molecular weight is 377 g/mol. The zero-order valence-electron chi connectivity index (χ0n) is 10.1. The van der Waals surface area contributed by atoms with Gasteiger partial charge in [-0.3, -0.25) is 4.99 Å². The third-order valence-electron chi connectivity index (χ3n) is 3.71. The summed E-state index contributed by atoms with van der Waals surface area (Å²) in [5, 5.41) is 2.99. The fourth-order valence-electron chi connectivity index (χ4n) is 2.24. The summed E-state index contributed by atoms with van der Waals surface area (Å²) in [5.41, 5.74) is 4.01. The van der Waals surface area contributed by atoms with Crippen molar-refractivity contribution in [2.24, 2.45) is 16.1 Å². The van der Waals surface area contributed by atoms with Gasteiger partial charge >= 0.3 is 6.18 Å². The van der Waals surface area contributed by atoms with Crippen molar-refractivity contribution in [2.45, 2.75) is 50.7 Å². The number of nitrogens with zero attached hydrogens (tertiary/aromatic N) is 1. The molecule has 3 nitrogen and oxygen atoms in total. The number of nitrogens with two attached hydrogens (primary N) is 1. The number of guanidine groups is 1. The van der Waals surface area contributed by atoms with E-state index in [2.05, 4.69) is 10.3 Å². The number of alkyl halides is 3. The van der Waals surface area contributed by atoms with Crippen LogP contribution in [0.15, 0.2) is 4.99 Å². The molecule has 18 heavy (non-hydrogen) atoms. The Balaban J connectivity index is 0.00000162. The summed E-state index contributed by atoms with van der Waals surface area (Å²) in [6.07, 6.45) is 0.563. The van der Waals surface area contributed by atoms with Crippen LogP contribution in [-0.2, 0) is 0 Å². The highest BCUT2D eigenvalue weighted by molar-refractivity contribution is 14.0. The van der Waals surface area contributed by atoms with E-state index in [1.54, 1.807) is 0 Å². The van der Waals surface area contributed by atoms with Gasteiger partial charge in [0.15, 0.2) is 5.96 Å². The van der Waals surface area contributed by atoms with Crippen molar-refractivity contribution in [1.82, 2.24) is 5.32 Å². The predicted molar refractivity (Wildman–Crippen MR) is 75.0 cm³/mol. The van der Waals surface area contributed by atoms with Crippen molar-refractivity contribution in [1.29, 1.82) is 0 Å². The molecule has 0 aromatic rings. The number of hydrogen-bond donors (Lipinski definition) is 2. The van der Waals surface area contributed by atoms with Gasteiger partial charge in [-0.05, 0) is 25.7 Å². The van der Waals surface area contributed by atoms with Crippen molar-refractivity contribution in [2.75, 3.05) is 6.54 Å². The van der Waals surface area contributed by atoms with Gasteiger partial charge in [0, 0.05) is 6.04 Å². The molecule has 2 saturated carbocycles. The van der Waals surface area contributed by atoms with Crippen LogP contribution < -0.4 is 11.1 Å². The molecule has 0 aliphatic heterocycles. The predicted octanol–water partition coefficient (Wildman–Crippen LogP) is 2.79. The van der Waals surface area contributed by atoms with Gasteiger partial charge in [0.1, 0.15) is 0 Å². The highest BCUT2D eigenvalue weighted by Crippen LogP contribution is 2.57. The topological polar surface area (TPSA) is 50.4 Å². The van der Waals surface area contributed by atoms with Crippen LogP contribution in [0.1, 0.15) is 38.5 Å². The molecule has 2 fully saturated rings.